The maximum absolute atomic E-state index is 12.8. The molecule has 0 amide bonds. The van der Waals surface area contributed by atoms with E-state index in [2.05, 4.69) is 0 Å². The Kier molecular flexibility index (Phi) is 4.74. The first-order chi connectivity index (χ1) is 11.5. The Bertz CT molecular complexity index is 871. The molecule has 1 aliphatic rings. The second kappa shape index (κ2) is 6.65. The summed E-state index contributed by atoms with van der Waals surface area (Å²) >= 11 is 12.1. The van der Waals surface area contributed by atoms with E-state index in [1.165, 1.54) is 16.7 Å². The molecule has 1 aromatic heterocycles. The number of carboxylic acids is 1. The van der Waals surface area contributed by atoms with Gasteiger partial charge in [0, 0.05) is 11.4 Å². The highest BCUT2D eigenvalue weighted by molar-refractivity contribution is 6.42. The van der Waals surface area contributed by atoms with Crippen molar-refractivity contribution in [2.24, 2.45) is 0 Å². The van der Waals surface area contributed by atoms with Crippen molar-refractivity contribution in [3.63, 3.8) is 0 Å². The van der Waals surface area contributed by atoms with Crippen molar-refractivity contribution in [2.75, 3.05) is 6.61 Å². The number of hydrogen-bond donors (Lipinski definition) is 1. The molecule has 1 heterocycles. The molecule has 0 radical (unpaired) electrons. The summed E-state index contributed by atoms with van der Waals surface area (Å²) in [7, 11) is 0. The van der Waals surface area contributed by atoms with Crippen LogP contribution in [0.5, 0.6) is 5.75 Å². The van der Waals surface area contributed by atoms with Crippen LogP contribution in [0.4, 0.5) is 0 Å². The smallest absolute Gasteiger partial charge is 0.356 e. The molecule has 0 aliphatic heterocycles. The van der Waals surface area contributed by atoms with E-state index >= 15 is 0 Å². The van der Waals surface area contributed by atoms with Gasteiger partial charge in [-0.1, -0.05) is 36.5 Å². The number of ether oxygens (including phenoxy) is 1. The fourth-order valence-electron chi connectivity index (χ4n) is 2.73. The van der Waals surface area contributed by atoms with Crippen molar-refractivity contribution in [3.05, 3.63) is 38.2 Å². The second-order valence-corrected chi connectivity index (χ2v) is 6.72. The lowest BCUT2D eigenvalue weighted by Gasteiger charge is -2.18. The highest BCUT2D eigenvalue weighted by Gasteiger charge is 2.33. The summed E-state index contributed by atoms with van der Waals surface area (Å²) in [6, 6.07) is 2.89. The number of pyridine rings is 1. The molecule has 128 valence electrons. The second-order valence-electron chi connectivity index (χ2n) is 5.90. The highest BCUT2D eigenvalue weighted by Crippen LogP contribution is 2.40. The summed E-state index contributed by atoms with van der Waals surface area (Å²) in [6.45, 7) is 2.39. The largest absolute Gasteiger partial charge is 0.490 e. The molecule has 5 nitrogen and oxygen atoms in total. The average Bonchev–Trinajstić information content (AvgIpc) is 3.35. The third kappa shape index (κ3) is 2.98. The van der Waals surface area contributed by atoms with Crippen LogP contribution in [-0.4, -0.2) is 22.2 Å². The first-order valence-corrected chi connectivity index (χ1v) is 8.64. The van der Waals surface area contributed by atoms with Crippen molar-refractivity contribution < 1.29 is 14.6 Å². The number of aromatic nitrogens is 1. The van der Waals surface area contributed by atoms with E-state index in [4.69, 9.17) is 27.9 Å². The number of benzene rings is 1. The van der Waals surface area contributed by atoms with Crippen LogP contribution >= 0.6 is 23.2 Å². The molecule has 0 unspecified atom stereocenters. The summed E-state index contributed by atoms with van der Waals surface area (Å²) < 4.78 is 7.11. The van der Waals surface area contributed by atoms with Crippen LogP contribution in [0.2, 0.25) is 10.0 Å². The molecule has 0 bridgehead atoms. The van der Waals surface area contributed by atoms with Gasteiger partial charge in [-0.25, -0.2) is 4.79 Å². The first kappa shape index (κ1) is 17.1. The van der Waals surface area contributed by atoms with Crippen molar-refractivity contribution in [1.82, 2.24) is 4.57 Å². The van der Waals surface area contributed by atoms with Gasteiger partial charge in [-0.15, -0.1) is 0 Å². The predicted molar refractivity (Wildman–Crippen MR) is 93.9 cm³/mol. The van der Waals surface area contributed by atoms with E-state index in [1.807, 2.05) is 6.92 Å². The van der Waals surface area contributed by atoms with Gasteiger partial charge < -0.3 is 9.84 Å². The van der Waals surface area contributed by atoms with Gasteiger partial charge in [0.15, 0.2) is 11.4 Å². The van der Waals surface area contributed by atoms with Crippen molar-refractivity contribution in [1.29, 1.82) is 0 Å². The van der Waals surface area contributed by atoms with Gasteiger partial charge in [-0.05, 0) is 31.4 Å². The van der Waals surface area contributed by atoms with Gasteiger partial charge in [-0.3, -0.25) is 9.36 Å². The maximum Gasteiger partial charge on any atom is 0.356 e. The Morgan fingerprint density at radius 2 is 1.92 bits per heavy atom. The molecule has 2 aromatic rings. The maximum atomic E-state index is 12.8. The standard InChI is InChI=1S/C17H17Cl2NO4/c1-2-3-6-24-15-10-7-12(18)13(19)8-11(10)16(21)20(9-4-5-9)14(15)17(22)23/h7-9H,2-6H2,1H3,(H,22,23). The van der Waals surface area contributed by atoms with Gasteiger partial charge in [0.25, 0.3) is 5.56 Å². The molecule has 1 aromatic carbocycles. The van der Waals surface area contributed by atoms with E-state index in [0.717, 1.165) is 25.7 Å². The van der Waals surface area contributed by atoms with Gasteiger partial charge in [0.1, 0.15) is 0 Å². The number of hydrogen-bond acceptors (Lipinski definition) is 3. The summed E-state index contributed by atoms with van der Waals surface area (Å²) in [5.41, 5.74) is -0.476. The molecular weight excluding hydrogens is 353 g/mol. The van der Waals surface area contributed by atoms with E-state index in [1.54, 1.807) is 0 Å². The monoisotopic (exact) mass is 369 g/mol. The number of nitrogens with zero attached hydrogens (tertiary/aromatic N) is 1. The number of unbranched alkanes of at least 4 members (excludes halogenated alkanes) is 1. The zero-order valence-electron chi connectivity index (χ0n) is 13.1. The quantitative estimate of drug-likeness (QED) is 0.759. The zero-order valence-corrected chi connectivity index (χ0v) is 14.7. The molecule has 0 spiro atoms. The van der Waals surface area contributed by atoms with E-state index in [0.29, 0.717) is 17.4 Å². The van der Waals surface area contributed by atoms with Gasteiger partial charge >= 0.3 is 5.97 Å². The number of fused-ring (bicyclic) bond motifs is 1. The van der Waals surface area contributed by atoms with E-state index in [9.17, 15) is 14.7 Å². The Labute approximate surface area is 148 Å². The zero-order chi connectivity index (χ0) is 17.4. The van der Waals surface area contributed by atoms with Crippen LogP contribution in [0, 0.1) is 0 Å². The number of rotatable bonds is 6. The first-order valence-electron chi connectivity index (χ1n) is 7.89. The lowest BCUT2D eigenvalue weighted by molar-refractivity contribution is 0.0678. The molecule has 1 aliphatic carbocycles. The number of halogens is 2. The van der Waals surface area contributed by atoms with Crippen molar-refractivity contribution in [2.45, 2.75) is 38.6 Å². The minimum atomic E-state index is -1.18. The van der Waals surface area contributed by atoms with Crippen molar-refractivity contribution in [3.8, 4) is 5.75 Å². The van der Waals surface area contributed by atoms with E-state index in [-0.39, 0.29) is 33.1 Å². The lowest BCUT2D eigenvalue weighted by Crippen LogP contribution is -2.27. The Balaban J connectivity index is 2.34. The van der Waals surface area contributed by atoms with Gasteiger partial charge in [0.05, 0.1) is 22.0 Å². The molecular formula is C17H17Cl2NO4. The molecule has 1 N–H and O–H groups in total. The topological polar surface area (TPSA) is 68.5 Å². The molecule has 1 fully saturated rings. The van der Waals surface area contributed by atoms with Crippen LogP contribution in [0.3, 0.4) is 0 Å². The SMILES string of the molecule is CCCCOc1c(C(=O)O)n(C2CC2)c(=O)c2cc(Cl)c(Cl)cc12. The summed E-state index contributed by atoms with van der Waals surface area (Å²) in [4.78, 5) is 24.7. The number of carboxylic acid groups (broad SMARTS) is 1. The van der Waals surface area contributed by atoms with Gasteiger partial charge in [0.2, 0.25) is 0 Å². The Hall–Kier alpha value is -1.72. The Morgan fingerprint density at radius 1 is 1.29 bits per heavy atom. The van der Waals surface area contributed by atoms with E-state index < -0.39 is 5.97 Å². The van der Waals surface area contributed by atoms with Gasteiger partial charge in [-0.2, -0.15) is 0 Å². The lowest BCUT2D eigenvalue weighted by atomic mass is 10.1. The van der Waals surface area contributed by atoms with Crippen LogP contribution in [-0.2, 0) is 0 Å². The number of carbonyl (C=O) groups is 1. The van der Waals surface area contributed by atoms with Crippen LogP contribution < -0.4 is 10.3 Å². The fraction of sp³-hybridized carbons (Fsp3) is 0.412. The Morgan fingerprint density at radius 3 is 2.46 bits per heavy atom. The molecule has 24 heavy (non-hydrogen) atoms. The van der Waals surface area contributed by atoms with Crippen LogP contribution in [0.25, 0.3) is 10.8 Å². The average molecular weight is 370 g/mol. The highest BCUT2D eigenvalue weighted by atomic mass is 35.5. The molecule has 7 heteroatoms. The minimum absolute atomic E-state index is 0.101. The molecule has 0 atom stereocenters. The third-order valence-electron chi connectivity index (χ3n) is 4.07. The number of aromatic carboxylic acids is 1. The fourth-order valence-corrected chi connectivity index (χ4v) is 3.05. The molecule has 3 rings (SSSR count). The summed E-state index contributed by atoms with van der Waals surface area (Å²) in [6.07, 6.45) is 3.25. The summed E-state index contributed by atoms with van der Waals surface area (Å²) in [5, 5.41) is 10.9. The minimum Gasteiger partial charge on any atom is -0.490 e. The molecule has 0 saturated heterocycles. The molecule has 1 saturated carbocycles. The van der Waals surface area contributed by atoms with Crippen LogP contribution in [0.15, 0.2) is 16.9 Å². The summed E-state index contributed by atoms with van der Waals surface area (Å²) in [5.74, 6) is -0.991. The third-order valence-corrected chi connectivity index (χ3v) is 4.79. The normalized spacial score (nSPS) is 14.1. The van der Waals surface area contributed by atoms with Crippen LogP contribution in [0.1, 0.15) is 49.1 Å². The predicted octanol–water partition coefficient (Wildman–Crippen LogP) is 4.52. The van der Waals surface area contributed by atoms with Crippen molar-refractivity contribution >= 4 is 39.9 Å².